The van der Waals surface area contributed by atoms with Gasteiger partial charge in [-0.05, 0) is 38.5 Å². The Morgan fingerprint density at radius 2 is 2.14 bits per heavy atom. The predicted molar refractivity (Wildman–Crippen MR) is 86.4 cm³/mol. The van der Waals surface area contributed by atoms with Crippen LogP contribution < -0.4 is 10.6 Å². The highest BCUT2D eigenvalue weighted by Gasteiger charge is 2.15. The van der Waals surface area contributed by atoms with E-state index in [4.69, 9.17) is 5.11 Å². The number of hydrogen-bond acceptors (Lipinski definition) is 4. The summed E-state index contributed by atoms with van der Waals surface area (Å²) in [5.41, 5.74) is 0.976. The summed E-state index contributed by atoms with van der Waals surface area (Å²) in [7, 11) is 0. The zero-order valence-corrected chi connectivity index (χ0v) is 14.2. The van der Waals surface area contributed by atoms with E-state index < -0.39 is 0 Å². The van der Waals surface area contributed by atoms with E-state index in [1.54, 1.807) is 11.3 Å². The Kier molecular flexibility index (Phi) is 7.67. The molecule has 0 bridgehead atoms. The normalized spacial score (nSPS) is 14.0. The van der Waals surface area contributed by atoms with Crippen molar-refractivity contribution in [2.75, 3.05) is 13.2 Å². The number of amides is 2. The fraction of sp³-hybridized carbons (Fsp3) is 0.733. The molecule has 1 aromatic heterocycles. The Morgan fingerprint density at radius 3 is 2.67 bits per heavy atom. The fourth-order valence-corrected chi connectivity index (χ4v) is 3.07. The minimum Gasteiger partial charge on any atom is -0.396 e. The van der Waals surface area contributed by atoms with Crippen molar-refractivity contribution in [1.29, 1.82) is 0 Å². The Labute approximate surface area is 131 Å². The van der Waals surface area contributed by atoms with E-state index in [0.29, 0.717) is 18.4 Å². The van der Waals surface area contributed by atoms with Crippen LogP contribution in [0.4, 0.5) is 4.79 Å². The molecular formula is C15H27N3O2S. The van der Waals surface area contributed by atoms with Crippen LogP contribution in [0.5, 0.6) is 0 Å². The van der Waals surface area contributed by atoms with Gasteiger partial charge >= 0.3 is 6.03 Å². The number of aliphatic hydroxyl groups is 1. The Bertz CT molecular complexity index is 434. The largest absolute Gasteiger partial charge is 0.396 e. The average Bonchev–Trinajstić information content (AvgIpc) is 2.82. The number of aryl methyl sites for hydroxylation is 1. The van der Waals surface area contributed by atoms with Gasteiger partial charge < -0.3 is 15.7 Å². The van der Waals surface area contributed by atoms with Crippen molar-refractivity contribution in [3.8, 4) is 0 Å². The smallest absolute Gasteiger partial charge is 0.315 e. The highest BCUT2D eigenvalue weighted by Crippen LogP contribution is 2.17. The first-order chi connectivity index (χ1) is 9.92. The number of nitrogens with zero attached hydrogens (tertiary/aromatic N) is 1. The number of nitrogens with one attached hydrogen (secondary N) is 2. The molecule has 3 N–H and O–H groups in total. The van der Waals surface area contributed by atoms with Gasteiger partial charge in [0, 0.05) is 24.2 Å². The van der Waals surface area contributed by atoms with Gasteiger partial charge in [-0.2, -0.15) is 0 Å². The highest BCUT2D eigenvalue weighted by molar-refractivity contribution is 7.09. The third-order valence-electron chi connectivity index (χ3n) is 3.25. The molecule has 0 radical (unpaired) electrons. The van der Waals surface area contributed by atoms with Crippen LogP contribution in [-0.4, -0.2) is 29.3 Å². The molecule has 5 nitrogen and oxygen atoms in total. The lowest BCUT2D eigenvalue weighted by molar-refractivity contribution is 0.223. The van der Waals surface area contributed by atoms with E-state index in [2.05, 4.69) is 29.5 Å². The number of carbonyl (C=O) groups is 1. The third-order valence-corrected chi connectivity index (χ3v) is 4.39. The standard InChI is InChI=1S/C15H27N3O2S/c1-10(2)7-13(5-6-19)8-16-15(20)18-12(4)14-17-11(3)9-21-14/h9-10,12-13,19H,5-8H2,1-4H3,(H2,16,18,20). The molecule has 0 saturated carbocycles. The van der Waals surface area contributed by atoms with Crippen LogP contribution in [0.1, 0.15) is 50.4 Å². The number of urea groups is 1. The average molecular weight is 313 g/mol. The van der Waals surface area contributed by atoms with Gasteiger partial charge in [0.25, 0.3) is 0 Å². The summed E-state index contributed by atoms with van der Waals surface area (Å²) in [6.45, 7) is 8.92. The minimum absolute atomic E-state index is 0.0925. The quantitative estimate of drug-likeness (QED) is 0.691. The van der Waals surface area contributed by atoms with Gasteiger partial charge in [0.2, 0.25) is 0 Å². The molecule has 1 heterocycles. The molecule has 2 amide bonds. The first kappa shape index (κ1) is 17.9. The van der Waals surface area contributed by atoms with Gasteiger partial charge in [0.05, 0.1) is 6.04 Å². The van der Waals surface area contributed by atoms with Crippen LogP contribution in [0.25, 0.3) is 0 Å². The van der Waals surface area contributed by atoms with Crippen LogP contribution in [0.3, 0.4) is 0 Å². The van der Waals surface area contributed by atoms with Crippen molar-refractivity contribution in [1.82, 2.24) is 15.6 Å². The lowest BCUT2D eigenvalue weighted by Gasteiger charge is -2.19. The van der Waals surface area contributed by atoms with Crippen molar-refractivity contribution in [3.05, 3.63) is 16.1 Å². The summed E-state index contributed by atoms with van der Waals surface area (Å²) in [4.78, 5) is 16.3. The lowest BCUT2D eigenvalue weighted by Crippen LogP contribution is -2.39. The molecule has 120 valence electrons. The van der Waals surface area contributed by atoms with Crippen molar-refractivity contribution < 1.29 is 9.90 Å². The van der Waals surface area contributed by atoms with Crippen molar-refractivity contribution >= 4 is 17.4 Å². The van der Waals surface area contributed by atoms with E-state index >= 15 is 0 Å². The molecule has 0 saturated heterocycles. The molecule has 0 fully saturated rings. The molecule has 21 heavy (non-hydrogen) atoms. The maximum Gasteiger partial charge on any atom is 0.315 e. The maximum absolute atomic E-state index is 11.9. The summed E-state index contributed by atoms with van der Waals surface area (Å²) in [5.74, 6) is 0.877. The number of rotatable bonds is 8. The number of aromatic nitrogens is 1. The molecule has 0 spiro atoms. The third kappa shape index (κ3) is 6.91. The van der Waals surface area contributed by atoms with Gasteiger partial charge in [0.15, 0.2) is 0 Å². The summed E-state index contributed by atoms with van der Waals surface area (Å²) < 4.78 is 0. The first-order valence-electron chi connectivity index (χ1n) is 7.49. The number of aliphatic hydroxyl groups excluding tert-OH is 1. The predicted octanol–water partition coefficient (Wildman–Crippen LogP) is 2.86. The van der Waals surface area contributed by atoms with E-state index in [1.165, 1.54) is 0 Å². The second kappa shape index (κ2) is 9.00. The summed E-state index contributed by atoms with van der Waals surface area (Å²) in [5, 5.41) is 17.8. The van der Waals surface area contributed by atoms with Gasteiger partial charge in [-0.15, -0.1) is 11.3 Å². The molecule has 1 aromatic rings. The van der Waals surface area contributed by atoms with E-state index in [9.17, 15) is 4.79 Å². The van der Waals surface area contributed by atoms with E-state index in [-0.39, 0.29) is 18.7 Å². The molecular weight excluding hydrogens is 286 g/mol. The van der Waals surface area contributed by atoms with Crippen LogP contribution >= 0.6 is 11.3 Å². The van der Waals surface area contributed by atoms with Crippen LogP contribution in [0.15, 0.2) is 5.38 Å². The second-order valence-electron chi connectivity index (χ2n) is 5.91. The van der Waals surface area contributed by atoms with Gasteiger partial charge in [-0.25, -0.2) is 9.78 Å². The van der Waals surface area contributed by atoms with Crippen LogP contribution in [-0.2, 0) is 0 Å². The van der Waals surface area contributed by atoms with Gasteiger partial charge in [0.1, 0.15) is 5.01 Å². The van der Waals surface area contributed by atoms with Crippen LogP contribution in [0.2, 0.25) is 0 Å². The Morgan fingerprint density at radius 1 is 1.43 bits per heavy atom. The molecule has 2 atom stereocenters. The summed E-state index contributed by atoms with van der Waals surface area (Å²) >= 11 is 1.55. The Balaban J connectivity index is 2.38. The molecule has 2 unspecified atom stereocenters. The second-order valence-corrected chi connectivity index (χ2v) is 6.80. The molecule has 1 rings (SSSR count). The number of thiazole rings is 1. The zero-order chi connectivity index (χ0) is 15.8. The minimum atomic E-state index is -0.179. The topological polar surface area (TPSA) is 74.2 Å². The SMILES string of the molecule is Cc1csc(C(C)NC(=O)NCC(CCO)CC(C)C)n1. The molecule has 0 aliphatic carbocycles. The zero-order valence-electron chi connectivity index (χ0n) is 13.3. The monoisotopic (exact) mass is 313 g/mol. The highest BCUT2D eigenvalue weighted by atomic mass is 32.1. The number of carbonyl (C=O) groups excluding carboxylic acids is 1. The Hall–Kier alpha value is -1.14. The summed E-state index contributed by atoms with van der Waals surface area (Å²) in [6.07, 6.45) is 1.72. The van der Waals surface area contributed by atoms with E-state index in [0.717, 1.165) is 23.5 Å². The van der Waals surface area contributed by atoms with E-state index in [1.807, 2.05) is 19.2 Å². The van der Waals surface area contributed by atoms with Crippen LogP contribution in [0, 0.1) is 18.8 Å². The van der Waals surface area contributed by atoms with Crippen molar-refractivity contribution in [2.45, 2.75) is 46.6 Å². The lowest BCUT2D eigenvalue weighted by atomic mass is 9.94. The molecule has 0 aliphatic heterocycles. The number of hydrogen-bond donors (Lipinski definition) is 3. The molecule has 6 heteroatoms. The fourth-order valence-electron chi connectivity index (χ4n) is 2.27. The molecule has 0 aliphatic rings. The molecule has 0 aromatic carbocycles. The summed E-state index contributed by atoms with van der Waals surface area (Å²) in [6, 6.07) is -0.271. The van der Waals surface area contributed by atoms with Gasteiger partial charge in [-0.3, -0.25) is 0 Å². The maximum atomic E-state index is 11.9. The van der Waals surface area contributed by atoms with Crippen molar-refractivity contribution in [3.63, 3.8) is 0 Å². The van der Waals surface area contributed by atoms with Gasteiger partial charge in [-0.1, -0.05) is 13.8 Å². The van der Waals surface area contributed by atoms with Crippen molar-refractivity contribution in [2.24, 2.45) is 11.8 Å². The first-order valence-corrected chi connectivity index (χ1v) is 8.37.